The maximum absolute atomic E-state index is 12.9. The van der Waals surface area contributed by atoms with Gasteiger partial charge in [-0.25, -0.2) is 9.48 Å². The number of aliphatic hydroxyl groups is 4. The zero-order chi connectivity index (χ0) is 34.4. The molecule has 1 aromatic rings. The Morgan fingerprint density at radius 3 is 2.60 bits per heavy atom. The zero-order valence-electron chi connectivity index (χ0n) is 29.6. The van der Waals surface area contributed by atoms with E-state index in [1.54, 1.807) is 0 Å². The second-order valence-corrected chi connectivity index (χ2v) is 16.8. The van der Waals surface area contributed by atoms with Gasteiger partial charge in [0.1, 0.15) is 36.2 Å². The van der Waals surface area contributed by atoms with Gasteiger partial charge >= 0.3 is 6.09 Å². The SMILES string of the molecule is CC(C)CCC[C@@H](C)[C@H]1CC[C@H]2[C@@H]3CC=C4CC(OC(=O)NCc5cn([C@@H]6O[C@H](CO)[C@H](O)[C@H](O)[C@H]6O)nn5)CC[C@]4(C)[C@H]3CC[C@]12C. The third kappa shape index (κ3) is 6.71. The number of nitrogens with zero attached hydrogens (tertiary/aromatic N) is 3. The smallest absolute Gasteiger partial charge is 0.407 e. The molecule has 0 radical (unpaired) electrons. The lowest BCUT2D eigenvalue weighted by Crippen LogP contribution is -2.56. The number of nitrogens with one attached hydrogen (secondary N) is 1. The maximum Gasteiger partial charge on any atom is 0.407 e. The fraction of sp³-hybridized carbons (Fsp3) is 0.865. The number of hydrogen-bond acceptors (Lipinski definition) is 9. The molecule has 1 aromatic heterocycles. The van der Waals surface area contributed by atoms with Crippen molar-refractivity contribution < 1.29 is 34.7 Å². The largest absolute Gasteiger partial charge is 0.446 e. The van der Waals surface area contributed by atoms with Gasteiger partial charge in [-0.3, -0.25) is 0 Å². The van der Waals surface area contributed by atoms with Crippen molar-refractivity contribution in [2.24, 2.45) is 46.3 Å². The van der Waals surface area contributed by atoms with Crippen LogP contribution in [0.1, 0.15) is 117 Å². The molecule has 1 unspecified atom stereocenters. The number of hydrogen-bond donors (Lipinski definition) is 5. The highest BCUT2D eigenvalue weighted by Gasteiger charge is 2.59. The molecule has 1 saturated heterocycles. The first kappa shape index (κ1) is 35.8. The van der Waals surface area contributed by atoms with Crippen molar-refractivity contribution >= 4 is 6.09 Å². The number of carbonyl (C=O) groups is 1. The van der Waals surface area contributed by atoms with E-state index in [4.69, 9.17) is 9.47 Å². The Labute approximate surface area is 285 Å². The predicted molar refractivity (Wildman–Crippen MR) is 179 cm³/mol. The molecule has 5 aliphatic rings. The summed E-state index contributed by atoms with van der Waals surface area (Å²) in [5.41, 5.74) is 2.54. The lowest BCUT2D eigenvalue weighted by molar-refractivity contribution is -0.254. The van der Waals surface area contributed by atoms with E-state index in [0.29, 0.717) is 17.0 Å². The van der Waals surface area contributed by atoms with Gasteiger partial charge in [0.15, 0.2) is 6.23 Å². The van der Waals surface area contributed by atoms with Gasteiger partial charge in [0.2, 0.25) is 0 Å². The van der Waals surface area contributed by atoms with Crippen molar-refractivity contribution in [2.75, 3.05) is 6.61 Å². The van der Waals surface area contributed by atoms with Crippen LogP contribution in [-0.2, 0) is 16.0 Å². The van der Waals surface area contributed by atoms with Crippen LogP contribution >= 0.6 is 0 Å². The van der Waals surface area contributed by atoms with E-state index in [0.717, 1.165) is 55.3 Å². The first-order valence-corrected chi connectivity index (χ1v) is 18.7. The Bertz CT molecular complexity index is 1300. The van der Waals surface area contributed by atoms with Crippen LogP contribution in [0.15, 0.2) is 17.8 Å². The number of amides is 1. The Morgan fingerprint density at radius 1 is 1.06 bits per heavy atom. The predicted octanol–water partition coefficient (Wildman–Crippen LogP) is 4.89. The van der Waals surface area contributed by atoms with Crippen LogP contribution in [0, 0.1) is 46.3 Å². The van der Waals surface area contributed by atoms with Crippen LogP contribution < -0.4 is 5.32 Å². The number of carbonyl (C=O) groups excluding carboxylic acids is 1. The molecule has 11 heteroatoms. The average Bonchev–Trinajstić information content (AvgIpc) is 3.67. The van der Waals surface area contributed by atoms with E-state index < -0.39 is 43.3 Å². The van der Waals surface area contributed by atoms with Gasteiger partial charge in [0, 0.05) is 6.42 Å². The molecule has 270 valence electrons. The summed E-state index contributed by atoms with van der Waals surface area (Å²) in [4.78, 5) is 12.9. The molecule has 0 aromatic carbocycles. The van der Waals surface area contributed by atoms with E-state index in [2.05, 4.69) is 56.3 Å². The van der Waals surface area contributed by atoms with Crippen LogP contribution in [0.4, 0.5) is 4.79 Å². The fourth-order valence-electron chi connectivity index (χ4n) is 10.9. The summed E-state index contributed by atoms with van der Waals surface area (Å²) in [5, 5.41) is 50.7. The van der Waals surface area contributed by atoms with Crippen molar-refractivity contribution in [2.45, 2.75) is 149 Å². The first-order valence-electron chi connectivity index (χ1n) is 18.7. The molecule has 1 aliphatic heterocycles. The highest BCUT2D eigenvalue weighted by Crippen LogP contribution is 2.67. The summed E-state index contributed by atoms with van der Waals surface area (Å²) in [6.07, 6.45) is 10.1. The van der Waals surface area contributed by atoms with Gasteiger partial charge in [0.25, 0.3) is 0 Å². The minimum atomic E-state index is -1.52. The van der Waals surface area contributed by atoms with Crippen molar-refractivity contribution in [3.05, 3.63) is 23.5 Å². The molecule has 48 heavy (non-hydrogen) atoms. The molecule has 5 N–H and O–H groups in total. The summed E-state index contributed by atoms with van der Waals surface area (Å²) in [5.74, 6) is 4.76. The Kier molecular flexibility index (Phi) is 10.6. The highest BCUT2D eigenvalue weighted by atomic mass is 16.6. The normalized spacial score (nSPS) is 41.6. The average molecular weight is 673 g/mol. The summed E-state index contributed by atoms with van der Waals surface area (Å²) in [7, 11) is 0. The molecule has 2 heterocycles. The maximum atomic E-state index is 12.9. The number of allylic oxidation sites excluding steroid dienone is 1. The van der Waals surface area contributed by atoms with Gasteiger partial charge in [-0.15, -0.1) is 5.10 Å². The Morgan fingerprint density at radius 2 is 1.85 bits per heavy atom. The summed E-state index contributed by atoms with van der Waals surface area (Å²) >= 11 is 0. The third-order valence-corrected chi connectivity index (χ3v) is 13.6. The van der Waals surface area contributed by atoms with Crippen molar-refractivity contribution in [3.8, 4) is 0 Å². The van der Waals surface area contributed by atoms with Gasteiger partial charge in [-0.05, 0) is 91.3 Å². The van der Waals surface area contributed by atoms with Crippen molar-refractivity contribution in [1.29, 1.82) is 0 Å². The van der Waals surface area contributed by atoms with Crippen LogP contribution in [0.2, 0.25) is 0 Å². The topological polar surface area (TPSA) is 159 Å². The lowest BCUT2D eigenvalue weighted by Gasteiger charge is -2.58. The molecular formula is C37H60N4O7. The first-order chi connectivity index (χ1) is 22.9. The molecule has 1 amide bonds. The van der Waals surface area contributed by atoms with E-state index in [9.17, 15) is 25.2 Å². The Hall–Kier alpha value is -2.05. The number of fused-ring (bicyclic) bond motifs is 5. The molecule has 11 nitrogen and oxygen atoms in total. The Balaban J connectivity index is 1.01. The van der Waals surface area contributed by atoms with Gasteiger partial charge < -0.3 is 35.2 Å². The van der Waals surface area contributed by atoms with E-state index in [1.165, 1.54) is 61.4 Å². The highest BCUT2D eigenvalue weighted by molar-refractivity contribution is 5.67. The molecule has 0 bridgehead atoms. The van der Waals surface area contributed by atoms with Crippen LogP contribution in [0.3, 0.4) is 0 Å². The van der Waals surface area contributed by atoms with Crippen LogP contribution in [-0.4, -0.2) is 78.6 Å². The van der Waals surface area contributed by atoms with Crippen LogP contribution in [0.5, 0.6) is 0 Å². The third-order valence-electron chi connectivity index (χ3n) is 13.6. The van der Waals surface area contributed by atoms with Crippen LogP contribution in [0.25, 0.3) is 0 Å². The van der Waals surface area contributed by atoms with Crippen molar-refractivity contribution in [1.82, 2.24) is 20.3 Å². The summed E-state index contributed by atoms with van der Waals surface area (Å²) < 4.78 is 12.7. The van der Waals surface area contributed by atoms with E-state index in [-0.39, 0.29) is 18.1 Å². The monoisotopic (exact) mass is 672 g/mol. The molecule has 4 fully saturated rings. The zero-order valence-corrected chi connectivity index (χ0v) is 29.6. The minimum absolute atomic E-state index is 0.0602. The standard InChI is InChI=1S/C37H60N4O7/c1-21(2)7-6-8-22(3)27-11-12-28-26-10-9-23-17-25(13-15-36(23,4)29(26)14-16-37(27,28)5)47-35(46)38-18-24-19-41(40-39-24)34-33(45)32(44)31(43)30(20-42)48-34/h9,19,21-22,25-34,42-45H,6-8,10-18,20H2,1-5H3,(H,38,46)/t22-,25?,26+,27-,28+,29+,30-,31+,32+,33-,34-,36+,37-/m1/s1. The van der Waals surface area contributed by atoms with Gasteiger partial charge in [-0.2, -0.15) is 0 Å². The summed E-state index contributed by atoms with van der Waals surface area (Å²) in [6.45, 7) is 11.9. The number of aromatic nitrogens is 3. The number of rotatable bonds is 10. The number of ether oxygens (including phenoxy) is 2. The molecule has 4 aliphatic carbocycles. The molecule has 13 atom stereocenters. The molecule has 0 spiro atoms. The number of alkyl carbamates (subject to hydrolysis) is 1. The molecule has 6 rings (SSSR count). The second kappa shape index (κ2) is 14.3. The molecule has 3 saturated carbocycles. The molecular weight excluding hydrogens is 612 g/mol. The van der Waals surface area contributed by atoms with Gasteiger partial charge in [-0.1, -0.05) is 70.7 Å². The van der Waals surface area contributed by atoms with E-state index in [1.807, 2.05) is 0 Å². The fourth-order valence-corrected chi connectivity index (χ4v) is 10.9. The minimum Gasteiger partial charge on any atom is -0.446 e. The number of aliphatic hydroxyl groups excluding tert-OH is 4. The second-order valence-electron chi connectivity index (χ2n) is 16.8. The quantitative estimate of drug-likeness (QED) is 0.218. The van der Waals surface area contributed by atoms with E-state index >= 15 is 0 Å². The van der Waals surface area contributed by atoms with Gasteiger partial charge in [0.05, 0.1) is 19.3 Å². The van der Waals surface area contributed by atoms with Crippen molar-refractivity contribution in [3.63, 3.8) is 0 Å². The summed E-state index contributed by atoms with van der Waals surface area (Å²) in [6, 6.07) is 0. The lowest BCUT2D eigenvalue weighted by atomic mass is 9.47.